The highest BCUT2D eigenvalue weighted by Crippen LogP contribution is 2.00. The van der Waals surface area contributed by atoms with Crippen molar-refractivity contribution in [3.8, 4) is 0 Å². The maximum Gasteiger partial charge on any atom is 0.323 e. The van der Waals surface area contributed by atoms with E-state index in [1.54, 1.807) is 0 Å². The van der Waals surface area contributed by atoms with Crippen molar-refractivity contribution in [2.24, 2.45) is 5.73 Å². The normalized spacial score (nSPS) is 11.9. The summed E-state index contributed by atoms with van der Waals surface area (Å²) in [5, 5.41) is 0. The van der Waals surface area contributed by atoms with Crippen molar-refractivity contribution in [2.45, 2.75) is 64.8 Å². The summed E-state index contributed by atoms with van der Waals surface area (Å²) >= 11 is 0. The molecule has 0 radical (unpaired) electrons. The molecule has 5 nitrogen and oxygen atoms in total. The van der Waals surface area contributed by atoms with Crippen LogP contribution in [0.25, 0.3) is 0 Å². The SMILES string of the molecule is CCCCCOC(=O)C[C@@H](N)C(=O)OCCCCC. The summed E-state index contributed by atoms with van der Waals surface area (Å²) in [6.45, 7) is 4.91. The van der Waals surface area contributed by atoms with Crippen molar-refractivity contribution in [1.29, 1.82) is 0 Å². The van der Waals surface area contributed by atoms with Crippen LogP contribution in [0.1, 0.15) is 58.8 Å². The molecule has 5 heteroatoms. The number of carbonyl (C=O) groups excluding carboxylic acids is 2. The van der Waals surface area contributed by atoms with Gasteiger partial charge in [-0.3, -0.25) is 9.59 Å². The third-order valence-electron chi connectivity index (χ3n) is 2.69. The second-order valence-corrected chi connectivity index (χ2v) is 4.61. The number of esters is 2. The third kappa shape index (κ3) is 10.5. The Morgan fingerprint density at radius 1 is 0.947 bits per heavy atom. The number of carbonyl (C=O) groups is 2. The van der Waals surface area contributed by atoms with E-state index in [2.05, 4.69) is 13.8 Å². The van der Waals surface area contributed by atoms with Gasteiger partial charge in [0.15, 0.2) is 0 Å². The Morgan fingerprint density at radius 2 is 1.47 bits per heavy atom. The molecule has 0 aromatic rings. The van der Waals surface area contributed by atoms with Crippen molar-refractivity contribution in [2.75, 3.05) is 13.2 Å². The lowest BCUT2D eigenvalue weighted by Crippen LogP contribution is -2.35. The van der Waals surface area contributed by atoms with Gasteiger partial charge in [-0.2, -0.15) is 0 Å². The van der Waals surface area contributed by atoms with Crippen molar-refractivity contribution in [3.63, 3.8) is 0 Å². The van der Waals surface area contributed by atoms with Crippen LogP contribution in [0.15, 0.2) is 0 Å². The minimum atomic E-state index is -0.916. The molecule has 2 N–H and O–H groups in total. The highest BCUT2D eigenvalue weighted by molar-refractivity contribution is 5.82. The molecular formula is C14H27NO4. The molecule has 0 spiro atoms. The molecule has 0 bridgehead atoms. The summed E-state index contributed by atoms with van der Waals surface area (Å²) in [4.78, 5) is 22.9. The predicted molar refractivity (Wildman–Crippen MR) is 73.6 cm³/mol. The van der Waals surface area contributed by atoms with Crippen LogP contribution in [0, 0.1) is 0 Å². The van der Waals surface area contributed by atoms with Crippen molar-refractivity contribution in [3.05, 3.63) is 0 Å². The summed E-state index contributed by atoms with van der Waals surface area (Å²) in [6.07, 6.45) is 5.74. The third-order valence-corrected chi connectivity index (χ3v) is 2.69. The van der Waals surface area contributed by atoms with E-state index in [9.17, 15) is 9.59 Å². The van der Waals surface area contributed by atoms with Gasteiger partial charge in [-0.1, -0.05) is 39.5 Å². The van der Waals surface area contributed by atoms with Crippen LogP contribution < -0.4 is 5.73 Å². The number of hydrogen-bond acceptors (Lipinski definition) is 5. The number of rotatable bonds is 11. The fraction of sp³-hybridized carbons (Fsp3) is 0.857. The summed E-state index contributed by atoms with van der Waals surface area (Å²) in [7, 11) is 0. The van der Waals surface area contributed by atoms with E-state index in [1.807, 2.05) is 0 Å². The first-order valence-corrected chi connectivity index (χ1v) is 7.19. The first-order chi connectivity index (χ1) is 9.11. The molecule has 0 aliphatic rings. The number of ether oxygens (including phenoxy) is 2. The van der Waals surface area contributed by atoms with Gasteiger partial charge in [0.25, 0.3) is 0 Å². The van der Waals surface area contributed by atoms with Crippen molar-refractivity contribution in [1.82, 2.24) is 0 Å². The second kappa shape index (κ2) is 12.0. The fourth-order valence-electron chi connectivity index (χ4n) is 1.49. The average molecular weight is 273 g/mol. The van der Waals surface area contributed by atoms with Crippen LogP contribution in [0.4, 0.5) is 0 Å². The zero-order valence-electron chi connectivity index (χ0n) is 12.2. The molecule has 0 aromatic heterocycles. The Balaban J connectivity index is 3.66. The summed E-state index contributed by atoms with van der Waals surface area (Å²) in [6, 6.07) is -0.916. The van der Waals surface area contributed by atoms with Gasteiger partial charge in [0.1, 0.15) is 6.04 Å². The largest absolute Gasteiger partial charge is 0.466 e. The Labute approximate surface area is 115 Å². The van der Waals surface area contributed by atoms with Crippen molar-refractivity contribution >= 4 is 11.9 Å². The molecule has 0 fully saturated rings. The van der Waals surface area contributed by atoms with Gasteiger partial charge in [0, 0.05) is 0 Å². The van der Waals surface area contributed by atoms with E-state index >= 15 is 0 Å². The maximum absolute atomic E-state index is 11.5. The fourth-order valence-corrected chi connectivity index (χ4v) is 1.49. The van der Waals surface area contributed by atoms with Gasteiger partial charge in [0.2, 0.25) is 0 Å². The molecule has 0 amide bonds. The van der Waals surface area contributed by atoms with Crippen LogP contribution >= 0.6 is 0 Å². The van der Waals surface area contributed by atoms with E-state index in [0.29, 0.717) is 13.2 Å². The molecule has 19 heavy (non-hydrogen) atoms. The van der Waals surface area contributed by atoms with E-state index < -0.39 is 18.0 Å². The van der Waals surface area contributed by atoms with Crippen LogP contribution in [0.5, 0.6) is 0 Å². The molecule has 0 heterocycles. The molecule has 0 aliphatic carbocycles. The number of nitrogens with two attached hydrogens (primary N) is 1. The molecule has 0 aliphatic heterocycles. The lowest BCUT2D eigenvalue weighted by Gasteiger charge is -2.11. The number of unbranched alkanes of at least 4 members (excludes halogenated alkanes) is 4. The molecule has 112 valence electrons. The van der Waals surface area contributed by atoms with Crippen LogP contribution in [-0.4, -0.2) is 31.2 Å². The summed E-state index contributed by atoms with van der Waals surface area (Å²) in [5.41, 5.74) is 5.59. The Kier molecular flexibility index (Phi) is 11.3. The summed E-state index contributed by atoms with van der Waals surface area (Å²) < 4.78 is 9.96. The minimum Gasteiger partial charge on any atom is -0.466 e. The average Bonchev–Trinajstić information content (AvgIpc) is 2.39. The van der Waals surface area contributed by atoms with Gasteiger partial charge in [-0.05, 0) is 12.8 Å². The first kappa shape index (κ1) is 17.9. The minimum absolute atomic E-state index is 0.112. The molecule has 1 atom stereocenters. The Morgan fingerprint density at radius 3 is 2.00 bits per heavy atom. The van der Waals surface area contributed by atoms with Gasteiger partial charge in [0.05, 0.1) is 19.6 Å². The smallest absolute Gasteiger partial charge is 0.323 e. The molecule has 0 aromatic carbocycles. The predicted octanol–water partition coefficient (Wildman–Crippen LogP) is 2.17. The molecular weight excluding hydrogens is 246 g/mol. The molecule has 0 rings (SSSR count). The quantitative estimate of drug-likeness (QED) is 0.461. The zero-order valence-corrected chi connectivity index (χ0v) is 12.2. The second-order valence-electron chi connectivity index (χ2n) is 4.61. The van der Waals surface area contributed by atoms with Crippen molar-refractivity contribution < 1.29 is 19.1 Å². The van der Waals surface area contributed by atoms with E-state index in [-0.39, 0.29) is 6.42 Å². The Hall–Kier alpha value is -1.10. The Bertz CT molecular complexity index is 256. The van der Waals surface area contributed by atoms with E-state index in [4.69, 9.17) is 15.2 Å². The topological polar surface area (TPSA) is 78.6 Å². The molecule has 0 saturated carbocycles. The zero-order chi connectivity index (χ0) is 14.5. The highest BCUT2D eigenvalue weighted by atomic mass is 16.5. The van der Waals surface area contributed by atoms with E-state index in [0.717, 1.165) is 38.5 Å². The highest BCUT2D eigenvalue weighted by Gasteiger charge is 2.19. The van der Waals surface area contributed by atoms with Gasteiger partial charge in [-0.25, -0.2) is 0 Å². The van der Waals surface area contributed by atoms with Crippen LogP contribution in [0.3, 0.4) is 0 Å². The maximum atomic E-state index is 11.5. The number of hydrogen-bond donors (Lipinski definition) is 1. The monoisotopic (exact) mass is 273 g/mol. The van der Waals surface area contributed by atoms with Gasteiger partial charge >= 0.3 is 11.9 Å². The molecule has 0 saturated heterocycles. The lowest BCUT2D eigenvalue weighted by atomic mass is 10.2. The summed E-state index contributed by atoms with van der Waals surface area (Å²) in [5.74, 6) is -0.962. The van der Waals surface area contributed by atoms with Gasteiger partial charge < -0.3 is 15.2 Å². The van der Waals surface area contributed by atoms with Crippen LogP contribution in [-0.2, 0) is 19.1 Å². The first-order valence-electron chi connectivity index (χ1n) is 7.19. The lowest BCUT2D eigenvalue weighted by molar-refractivity contribution is -0.152. The standard InChI is InChI=1S/C14H27NO4/c1-3-5-7-9-18-13(16)11-12(15)14(17)19-10-8-6-4-2/h12H,3-11,15H2,1-2H3/t12-/m1/s1. The van der Waals surface area contributed by atoms with Crippen LogP contribution in [0.2, 0.25) is 0 Å². The van der Waals surface area contributed by atoms with Gasteiger partial charge in [-0.15, -0.1) is 0 Å². The molecule has 0 unspecified atom stereocenters. The van der Waals surface area contributed by atoms with E-state index in [1.165, 1.54) is 0 Å².